The van der Waals surface area contributed by atoms with Gasteiger partial charge < -0.3 is 10.5 Å². The number of ether oxygens (including phenoxy) is 1. The molecular formula is C17H17FN6O3. The first-order valence-electron chi connectivity index (χ1n) is 8.28. The Bertz CT molecular complexity index is 1090. The highest BCUT2D eigenvalue weighted by atomic mass is 19.1. The van der Waals surface area contributed by atoms with E-state index in [1.54, 1.807) is 6.07 Å². The molecule has 27 heavy (non-hydrogen) atoms. The first kappa shape index (κ1) is 17.2. The van der Waals surface area contributed by atoms with Crippen LogP contribution in [0.4, 0.5) is 10.3 Å². The Labute approximate surface area is 152 Å². The molecule has 3 heterocycles. The highest BCUT2D eigenvalue weighted by Gasteiger charge is 2.34. The molecule has 2 aromatic heterocycles. The molecule has 0 amide bonds. The van der Waals surface area contributed by atoms with Crippen LogP contribution >= 0.6 is 0 Å². The molecular weight excluding hydrogens is 355 g/mol. The maximum atomic E-state index is 14.1. The van der Waals surface area contributed by atoms with E-state index in [2.05, 4.69) is 15.1 Å². The molecule has 3 N–H and O–H groups in total. The standard InChI is InChI=1S/C17H17FN6O3/c1-27-15(26)13-6-11-9(3-2-4-12(11)18)7-23(13)8-10-5-14(25)24-17(20-10)21-16(19)22-24/h2-5,13H,6-8H2,1H3,(H3,19,20,21,22). The van der Waals surface area contributed by atoms with Crippen LogP contribution in [0.25, 0.3) is 5.78 Å². The Hall–Kier alpha value is -3.27. The van der Waals surface area contributed by atoms with E-state index in [0.29, 0.717) is 17.8 Å². The van der Waals surface area contributed by atoms with Crippen LogP contribution < -0.4 is 11.3 Å². The smallest absolute Gasteiger partial charge is 0.323 e. The summed E-state index contributed by atoms with van der Waals surface area (Å²) < 4.78 is 20.2. The van der Waals surface area contributed by atoms with Gasteiger partial charge in [0.25, 0.3) is 11.3 Å². The quantitative estimate of drug-likeness (QED) is 0.632. The minimum Gasteiger partial charge on any atom is -0.468 e. The number of methoxy groups -OCH3 is 1. The highest BCUT2D eigenvalue weighted by Crippen LogP contribution is 2.27. The normalized spacial score (nSPS) is 17.0. The van der Waals surface area contributed by atoms with E-state index in [9.17, 15) is 14.0 Å². The average Bonchev–Trinajstić information content (AvgIpc) is 3.02. The van der Waals surface area contributed by atoms with Gasteiger partial charge >= 0.3 is 5.97 Å². The third-order valence-corrected chi connectivity index (χ3v) is 4.67. The molecule has 4 rings (SSSR count). The summed E-state index contributed by atoms with van der Waals surface area (Å²) in [7, 11) is 1.29. The van der Waals surface area contributed by atoms with Gasteiger partial charge in [0.1, 0.15) is 11.9 Å². The zero-order chi connectivity index (χ0) is 19.1. The van der Waals surface area contributed by atoms with Crippen molar-refractivity contribution in [2.24, 2.45) is 0 Å². The second-order valence-corrected chi connectivity index (χ2v) is 6.36. The number of fused-ring (bicyclic) bond motifs is 2. The summed E-state index contributed by atoms with van der Waals surface area (Å²) in [6.45, 7) is 0.533. The number of nitrogens with zero attached hydrogens (tertiary/aromatic N) is 4. The van der Waals surface area contributed by atoms with Crippen molar-refractivity contribution in [3.63, 3.8) is 0 Å². The lowest BCUT2D eigenvalue weighted by atomic mass is 9.93. The topological polar surface area (TPSA) is 119 Å². The van der Waals surface area contributed by atoms with E-state index in [0.717, 1.165) is 10.1 Å². The van der Waals surface area contributed by atoms with Gasteiger partial charge in [0.05, 0.1) is 12.8 Å². The molecule has 0 aliphatic carbocycles. The van der Waals surface area contributed by atoms with Crippen molar-refractivity contribution in [2.75, 3.05) is 12.8 Å². The monoisotopic (exact) mass is 372 g/mol. The second kappa shape index (κ2) is 6.47. The lowest BCUT2D eigenvalue weighted by molar-refractivity contribution is -0.148. The van der Waals surface area contributed by atoms with Crippen LogP contribution in [-0.4, -0.2) is 43.6 Å². The molecule has 10 heteroatoms. The van der Waals surface area contributed by atoms with Crippen molar-refractivity contribution in [1.29, 1.82) is 0 Å². The van der Waals surface area contributed by atoms with Gasteiger partial charge in [0, 0.05) is 25.6 Å². The first-order valence-corrected chi connectivity index (χ1v) is 8.28. The van der Waals surface area contributed by atoms with E-state index >= 15 is 0 Å². The van der Waals surface area contributed by atoms with Crippen molar-refractivity contribution in [1.82, 2.24) is 24.5 Å². The third kappa shape index (κ3) is 3.04. The number of halogens is 1. The number of nitrogens with two attached hydrogens (primary N) is 1. The van der Waals surface area contributed by atoms with Gasteiger partial charge in [-0.05, 0) is 17.2 Å². The van der Waals surface area contributed by atoms with Gasteiger partial charge in [-0.3, -0.25) is 19.6 Å². The highest BCUT2D eigenvalue weighted by molar-refractivity contribution is 5.76. The number of benzene rings is 1. The number of nitrogen functional groups attached to an aromatic ring is 1. The Balaban J connectivity index is 1.70. The number of H-pyrrole nitrogens is 1. The molecule has 1 aromatic carbocycles. The molecule has 1 aliphatic rings. The lowest BCUT2D eigenvalue weighted by Gasteiger charge is -2.34. The maximum absolute atomic E-state index is 14.1. The predicted octanol–water partition coefficient (Wildman–Crippen LogP) is 0.239. The number of rotatable bonds is 3. The number of nitrogens with one attached hydrogen (secondary N) is 1. The summed E-state index contributed by atoms with van der Waals surface area (Å²) >= 11 is 0. The molecule has 0 saturated heterocycles. The number of esters is 1. The van der Waals surface area contributed by atoms with E-state index in [1.165, 1.54) is 19.2 Å². The fraction of sp³-hybridized carbons (Fsp3) is 0.294. The van der Waals surface area contributed by atoms with Crippen LogP contribution in [0.3, 0.4) is 0 Å². The van der Waals surface area contributed by atoms with Crippen molar-refractivity contribution in [3.05, 3.63) is 57.3 Å². The first-order chi connectivity index (χ1) is 13.0. The summed E-state index contributed by atoms with van der Waals surface area (Å²) in [5.41, 5.74) is 6.93. The fourth-order valence-corrected chi connectivity index (χ4v) is 3.40. The molecule has 0 radical (unpaired) electrons. The summed E-state index contributed by atoms with van der Waals surface area (Å²) in [6, 6.07) is 5.50. The molecule has 1 aliphatic heterocycles. The van der Waals surface area contributed by atoms with Crippen LogP contribution in [0.5, 0.6) is 0 Å². The van der Waals surface area contributed by atoms with Gasteiger partial charge in [0.15, 0.2) is 0 Å². The lowest BCUT2D eigenvalue weighted by Crippen LogP contribution is -2.46. The van der Waals surface area contributed by atoms with Crippen LogP contribution in [0, 0.1) is 5.82 Å². The zero-order valence-corrected chi connectivity index (χ0v) is 14.5. The molecule has 0 spiro atoms. The SMILES string of the molecule is COC(=O)C1Cc2c(F)cccc2CN1Cc1cc(=O)n2[nH]c(N)nc2n1. The van der Waals surface area contributed by atoms with Crippen LogP contribution in [0.1, 0.15) is 16.8 Å². The van der Waals surface area contributed by atoms with Gasteiger partial charge in [-0.2, -0.15) is 9.50 Å². The minimum absolute atomic E-state index is 0.0755. The number of hydrogen-bond acceptors (Lipinski definition) is 7. The van der Waals surface area contributed by atoms with Crippen molar-refractivity contribution in [2.45, 2.75) is 25.6 Å². The van der Waals surface area contributed by atoms with Crippen molar-refractivity contribution >= 4 is 17.7 Å². The zero-order valence-electron chi connectivity index (χ0n) is 14.5. The number of anilines is 1. The average molecular weight is 372 g/mol. The van der Waals surface area contributed by atoms with Gasteiger partial charge in [-0.1, -0.05) is 12.1 Å². The van der Waals surface area contributed by atoms with Crippen molar-refractivity contribution in [3.8, 4) is 0 Å². The van der Waals surface area contributed by atoms with Gasteiger partial charge in [-0.25, -0.2) is 9.37 Å². The predicted molar refractivity (Wildman–Crippen MR) is 93.2 cm³/mol. The summed E-state index contributed by atoms with van der Waals surface area (Å²) in [5, 5.41) is 2.59. The molecule has 0 saturated carbocycles. The van der Waals surface area contributed by atoms with Gasteiger partial charge in [0.2, 0.25) is 5.95 Å². The molecule has 9 nitrogen and oxygen atoms in total. The number of carbonyl (C=O) groups excluding carboxylic acids is 1. The largest absolute Gasteiger partial charge is 0.468 e. The van der Waals surface area contributed by atoms with Crippen LogP contribution in [0.15, 0.2) is 29.1 Å². The molecule has 0 fully saturated rings. The van der Waals surface area contributed by atoms with E-state index in [4.69, 9.17) is 10.5 Å². The van der Waals surface area contributed by atoms with Crippen LogP contribution in [-0.2, 0) is 29.0 Å². The van der Waals surface area contributed by atoms with E-state index in [1.807, 2.05) is 11.0 Å². The second-order valence-electron chi connectivity index (χ2n) is 6.36. The Morgan fingerprint density at radius 1 is 1.44 bits per heavy atom. The fourth-order valence-electron chi connectivity index (χ4n) is 3.40. The molecule has 0 bridgehead atoms. The Morgan fingerprint density at radius 2 is 2.26 bits per heavy atom. The third-order valence-electron chi connectivity index (χ3n) is 4.67. The number of carbonyl (C=O) groups is 1. The van der Waals surface area contributed by atoms with Gasteiger partial charge in [-0.15, -0.1) is 0 Å². The molecule has 1 unspecified atom stereocenters. The minimum atomic E-state index is -0.677. The Kier molecular flexibility index (Phi) is 4.11. The summed E-state index contributed by atoms with van der Waals surface area (Å²) in [5.74, 6) is -0.587. The van der Waals surface area contributed by atoms with Crippen molar-refractivity contribution < 1.29 is 13.9 Å². The molecule has 3 aromatic rings. The number of hydrogen-bond donors (Lipinski definition) is 2. The maximum Gasteiger partial charge on any atom is 0.323 e. The number of aromatic amines is 1. The molecule has 1 atom stereocenters. The summed E-state index contributed by atoms with van der Waals surface area (Å²) in [6.07, 6.45) is 0.186. The van der Waals surface area contributed by atoms with Crippen LogP contribution in [0.2, 0.25) is 0 Å². The van der Waals surface area contributed by atoms with E-state index < -0.39 is 12.0 Å². The number of aromatic nitrogens is 4. The summed E-state index contributed by atoms with van der Waals surface area (Å²) in [4.78, 5) is 34.6. The van der Waals surface area contributed by atoms with E-state index in [-0.39, 0.29) is 36.1 Å². The Morgan fingerprint density at radius 3 is 3.04 bits per heavy atom. The molecule has 140 valence electrons.